The average molecular weight is 290 g/mol. The third-order valence-electron chi connectivity index (χ3n) is 2.64. The largest absolute Gasteiger partial charge is 0.465 e. The number of hydrogen-bond donors (Lipinski definition) is 0. The molecule has 0 saturated carbocycles. The second-order valence-corrected chi connectivity index (χ2v) is 4.94. The molecule has 2 rings (SSSR count). The number of hydrogen-bond acceptors (Lipinski definition) is 4. The molecule has 2 aromatic carbocycles. The third kappa shape index (κ3) is 2.88. The van der Waals surface area contributed by atoms with Crippen molar-refractivity contribution in [2.45, 2.75) is 9.79 Å². The van der Waals surface area contributed by atoms with Crippen LogP contribution in [0.2, 0.25) is 0 Å². The summed E-state index contributed by atoms with van der Waals surface area (Å²) in [6.45, 7) is 0. The summed E-state index contributed by atoms with van der Waals surface area (Å²) in [5.74, 6) is -1.06. The van der Waals surface area contributed by atoms with E-state index in [0.717, 1.165) is 11.8 Å². The van der Waals surface area contributed by atoms with Gasteiger partial charge in [0.25, 0.3) is 0 Å². The molecule has 102 valence electrons. The monoisotopic (exact) mass is 290 g/mol. The summed E-state index contributed by atoms with van der Waals surface area (Å²) in [4.78, 5) is 23.7. The Kier molecular flexibility index (Phi) is 4.53. The summed E-state index contributed by atoms with van der Waals surface area (Å²) in [6, 6.07) is 11.2. The molecule has 0 N–H and O–H groups in total. The fourth-order valence-corrected chi connectivity index (χ4v) is 2.72. The Balaban J connectivity index is 2.43. The van der Waals surface area contributed by atoms with Gasteiger partial charge >= 0.3 is 5.97 Å². The highest BCUT2D eigenvalue weighted by molar-refractivity contribution is 7.99. The van der Waals surface area contributed by atoms with Crippen molar-refractivity contribution in [1.82, 2.24) is 0 Å². The molecule has 0 bridgehead atoms. The van der Waals surface area contributed by atoms with Gasteiger partial charge in [-0.3, -0.25) is 4.79 Å². The molecule has 3 nitrogen and oxygen atoms in total. The number of rotatable bonds is 4. The number of methoxy groups -OCH3 is 1. The van der Waals surface area contributed by atoms with Crippen molar-refractivity contribution >= 4 is 24.0 Å². The number of ether oxygens (including phenoxy) is 1. The Labute approximate surface area is 119 Å². The summed E-state index contributed by atoms with van der Waals surface area (Å²) >= 11 is 1.15. The van der Waals surface area contributed by atoms with E-state index in [1.54, 1.807) is 30.3 Å². The van der Waals surface area contributed by atoms with Crippen molar-refractivity contribution in [2.75, 3.05) is 7.11 Å². The lowest BCUT2D eigenvalue weighted by atomic mass is 10.2. The van der Waals surface area contributed by atoms with Gasteiger partial charge in [0.1, 0.15) is 5.82 Å². The van der Waals surface area contributed by atoms with Gasteiger partial charge in [-0.15, -0.1) is 0 Å². The van der Waals surface area contributed by atoms with Gasteiger partial charge in [0.05, 0.1) is 18.2 Å². The molecule has 0 saturated heterocycles. The molecule has 0 unspecified atom stereocenters. The van der Waals surface area contributed by atoms with E-state index in [1.807, 2.05) is 0 Å². The Bertz CT molecular complexity index is 655. The Hall–Kier alpha value is -2.14. The number of carbonyl (C=O) groups excluding carboxylic acids is 2. The highest BCUT2D eigenvalue weighted by atomic mass is 32.2. The van der Waals surface area contributed by atoms with Gasteiger partial charge in [0.15, 0.2) is 6.29 Å². The maximum absolute atomic E-state index is 13.5. The molecule has 0 aliphatic heterocycles. The Morgan fingerprint density at radius 2 is 1.85 bits per heavy atom. The van der Waals surface area contributed by atoms with Crippen molar-refractivity contribution < 1.29 is 18.7 Å². The fraction of sp³-hybridized carbons (Fsp3) is 0.0667. The Morgan fingerprint density at radius 3 is 2.55 bits per heavy atom. The van der Waals surface area contributed by atoms with Crippen molar-refractivity contribution in [1.29, 1.82) is 0 Å². The molecule has 0 atom stereocenters. The number of esters is 1. The van der Waals surface area contributed by atoms with E-state index in [9.17, 15) is 14.0 Å². The van der Waals surface area contributed by atoms with Crippen LogP contribution >= 0.6 is 11.8 Å². The maximum Gasteiger partial charge on any atom is 0.339 e. The van der Waals surface area contributed by atoms with Gasteiger partial charge in [-0.25, -0.2) is 9.18 Å². The van der Waals surface area contributed by atoms with Crippen molar-refractivity contribution in [3.05, 3.63) is 59.4 Å². The molecule has 0 spiro atoms. The van der Waals surface area contributed by atoms with Crippen LogP contribution in [0.5, 0.6) is 0 Å². The highest BCUT2D eigenvalue weighted by Crippen LogP contribution is 2.33. The first-order valence-corrected chi connectivity index (χ1v) is 6.58. The lowest BCUT2D eigenvalue weighted by Crippen LogP contribution is -2.03. The van der Waals surface area contributed by atoms with Gasteiger partial charge in [-0.05, 0) is 24.3 Å². The number of aldehydes is 1. The molecular weight excluding hydrogens is 279 g/mol. The van der Waals surface area contributed by atoms with Crippen molar-refractivity contribution in [2.24, 2.45) is 0 Å². The predicted molar refractivity (Wildman–Crippen MR) is 73.7 cm³/mol. The topological polar surface area (TPSA) is 43.4 Å². The third-order valence-corrected chi connectivity index (χ3v) is 3.79. The van der Waals surface area contributed by atoms with Crippen LogP contribution in [0.4, 0.5) is 4.39 Å². The molecule has 5 heteroatoms. The minimum Gasteiger partial charge on any atom is -0.465 e. The van der Waals surface area contributed by atoms with Crippen LogP contribution in [0.1, 0.15) is 20.7 Å². The van der Waals surface area contributed by atoms with Crippen LogP contribution in [-0.4, -0.2) is 19.4 Å². The average Bonchev–Trinajstić information content (AvgIpc) is 2.47. The van der Waals surface area contributed by atoms with Gasteiger partial charge in [0, 0.05) is 9.79 Å². The van der Waals surface area contributed by atoms with Crippen LogP contribution in [0.15, 0.2) is 52.3 Å². The van der Waals surface area contributed by atoms with Crippen LogP contribution in [0, 0.1) is 5.82 Å². The van der Waals surface area contributed by atoms with Gasteiger partial charge in [-0.2, -0.15) is 0 Å². The molecule has 0 fully saturated rings. The molecule has 0 radical (unpaired) electrons. The van der Waals surface area contributed by atoms with Crippen LogP contribution in [0.25, 0.3) is 0 Å². The molecule has 0 amide bonds. The number of benzene rings is 2. The highest BCUT2D eigenvalue weighted by Gasteiger charge is 2.15. The lowest BCUT2D eigenvalue weighted by Gasteiger charge is -2.09. The molecule has 2 aromatic rings. The minimum atomic E-state index is -0.583. The molecular formula is C15H11FO3S. The van der Waals surface area contributed by atoms with Crippen molar-refractivity contribution in [3.8, 4) is 0 Å². The van der Waals surface area contributed by atoms with E-state index in [4.69, 9.17) is 4.74 Å². The van der Waals surface area contributed by atoms with E-state index in [0.29, 0.717) is 21.6 Å². The fourth-order valence-electron chi connectivity index (χ4n) is 1.67. The van der Waals surface area contributed by atoms with Crippen molar-refractivity contribution in [3.63, 3.8) is 0 Å². The van der Waals surface area contributed by atoms with Crippen LogP contribution < -0.4 is 0 Å². The quantitative estimate of drug-likeness (QED) is 0.637. The normalized spacial score (nSPS) is 10.1. The SMILES string of the molecule is COC(=O)c1ccccc1Sc1cccc(F)c1C=O. The van der Waals surface area contributed by atoms with E-state index < -0.39 is 11.8 Å². The van der Waals surface area contributed by atoms with E-state index in [-0.39, 0.29) is 5.56 Å². The zero-order chi connectivity index (χ0) is 14.5. The number of carbonyl (C=O) groups is 2. The summed E-state index contributed by atoms with van der Waals surface area (Å²) in [6.07, 6.45) is 0.471. The second kappa shape index (κ2) is 6.34. The first-order valence-electron chi connectivity index (χ1n) is 5.76. The van der Waals surface area contributed by atoms with Crippen LogP contribution in [0.3, 0.4) is 0 Å². The smallest absolute Gasteiger partial charge is 0.339 e. The van der Waals surface area contributed by atoms with Gasteiger partial charge < -0.3 is 4.74 Å². The van der Waals surface area contributed by atoms with E-state index >= 15 is 0 Å². The second-order valence-electron chi connectivity index (χ2n) is 3.86. The van der Waals surface area contributed by atoms with Gasteiger partial charge in [0.2, 0.25) is 0 Å². The zero-order valence-electron chi connectivity index (χ0n) is 10.6. The summed E-state index contributed by atoms with van der Waals surface area (Å²) in [5, 5.41) is 0. The molecule has 0 aliphatic carbocycles. The zero-order valence-corrected chi connectivity index (χ0v) is 11.4. The van der Waals surface area contributed by atoms with E-state index in [2.05, 4.69) is 0 Å². The minimum absolute atomic E-state index is 0.0165. The molecule has 0 aromatic heterocycles. The summed E-state index contributed by atoms with van der Waals surface area (Å²) in [7, 11) is 1.29. The number of halogens is 1. The molecule has 20 heavy (non-hydrogen) atoms. The Morgan fingerprint density at radius 1 is 1.15 bits per heavy atom. The lowest BCUT2D eigenvalue weighted by molar-refractivity contribution is 0.0596. The predicted octanol–water partition coefficient (Wildman–Crippen LogP) is 3.58. The first kappa shape index (κ1) is 14.3. The van der Waals surface area contributed by atoms with E-state index in [1.165, 1.54) is 19.2 Å². The summed E-state index contributed by atoms with van der Waals surface area (Å²) in [5.41, 5.74) is 0.360. The first-order chi connectivity index (χ1) is 9.67. The molecule has 0 aliphatic rings. The maximum atomic E-state index is 13.5. The van der Waals surface area contributed by atoms with Crippen LogP contribution in [-0.2, 0) is 4.74 Å². The molecule has 0 heterocycles. The standard InChI is InChI=1S/C15H11FO3S/c1-19-15(18)10-5-2-3-7-13(10)20-14-8-4-6-12(16)11(14)9-17/h2-9H,1H3. The van der Waals surface area contributed by atoms with Gasteiger partial charge in [-0.1, -0.05) is 30.0 Å². The summed E-state index contributed by atoms with van der Waals surface area (Å²) < 4.78 is 18.2.